The van der Waals surface area contributed by atoms with Gasteiger partial charge in [0, 0.05) is 4.47 Å². The van der Waals surface area contributed by atoms with E-state index in [-0.39, 0.29) is 12.5 Å². The molecule has 5 heteroatoms. The molecule has 0 saturated heterocycles. The van der Waals surface area contributed by atoms with Gasteiger partial charge in [0.15, 0.2) is 0 Å². The lowest BCUT2D eigenvalue weighted by molar-refractivity contribution is -0.126. The van der Waals surface area contributed by atoms with Gasteiger partial charge in [-0.05, 0) is 17.7 Å². The van der Waals surface area contributed by atoms with Crippen LogP contribution in [0.3, 0.4) is 0 Å². The van der Waals surface area contributed by atoms with Crippen LogP contribution in [0.2, 0.25) is 0 Å². The molecule has 0 aliphatic carbocycles. The van der Waals surface area contributed by atoms with E-state index in [0.717, 1.165) is 10.0 Å². The first-order valence-electron chi connectivity index (χ1n) is 4.04. The molecule has 4 nitrogen and oxygen atoms in total. The maximum absolute atomic E-state index is 10.7. The van der Waals surface area contributed by atoms with Crippen LogP contribution in [0.4, 0.5) is 0 Å². The quantitative estimate of drug-likeness (QED) is 0.481. The Hall–Kier alpha value is -0.910. The van der Waals surface area contributed by atoms with E-state index in [9.17, 15) is 4.79 Å². The molecule has 1 amide bonds. The molecule has 1 aromatic rings. The third kappa shape index (κ3) is 3.87. The summed E-state index contributed by atoms with van der Waals surface area (Å²) in [5.74, 6) is 4.56. The Labute approximate surface area is 90.5 Å². The second-order valence-corrected chi connectivity index (χ2v) is 3.61. The Bertz CT molecular complexity index is 317. The van der Waals surface area contributed by atoms with Crippen molar-refractivity contribution in [1.82, 2.24) is 5.43 Å². The molecule has 0 aliphatic rings. The van der Waals surface area contributed by atoms with Gasteiger partial charge in [-0.1, -0.05) is 28.1 Å². The normalized spacial score (nSPS) is 9.86. The highest BCUT2D eigenvalue weighted by atomic mass is 79.9. The molecule has 0 unspecified atom stereocenters. The molecule has 0 heterocycles. The zero-order valence-electron chi connectivity index (χ0n) is 7.50. The molecule has 0 bridgehead atoms. The van der Waals surface area contributed by atoms with Crippen LogP contribution in [0.15, 0.2) is 28.7 Å². The minimum absolute atomic E-state index is 0.0248. The summed E-state index contributed by atoms with van der Waals surface area (Å²) in [5, 5.41) is 0. The molecule has 0 aliphatic heterocycles. The zero-order chi connectivity index (χ0) is 10.4. The van der Waals surface area contributed by atoms with Crippen molar-refractivity contribution in [2.24, 2.45) is 5.84 Å². The van der Waals surface area contributed by atoms with E-state index >= 15 is 0 Å². The second kappa shape index (κ2) is 5.74. The Morgan fingerprint density at radius 3 is 3.00 bits per heavy atom. The van der Waals surface area contributed by atoms with Crippen LogP contribution >= 0.6 is 15.9 Å². The van der Waals surface area contributed by atoms with E-state index in [4.69, 9.17) is 10.6 Å². The first-order chi connectivity index (χ1) is 6.72. The van der Waals surface area contributed by atoms with Gasteiger partial charge in [-0.25, -0.2) is 5.84 Å². The summed E-state index contributed by atoms with van der Waals surface area (Å²) in [4.78, 5) is 10.7. The van der Waals surface area contributed by atoms with Crippen molar-refractivity contribution in [2.45, 2.75) is 6.61 Å². The van der Waals surface area contributed by atoms with Crippen molar-refractivity contribution in [3.05, 3.63) is 34.3 Å². The van der Waals surface area contributed by atoms with Crippen LogP contribution in [0.25, 0.3) is 0 Å². The van der Waals surface area contributed by atoms with Crippen LogP contribution in [0.1, 0.15) is 5.56 Å². The topological polar surface area (TPSA) is 64.3 Å². The first-order valence-corrected chi connectivity index (χ1v) is 4.83. The monoisotopic (exact) mass is 258 g/mol. The molecule has 0 fully saturated rings. The number of amides is 1. The van der Waals surface area contributed by atoms with Gasteiger partial charge in [-0.2, -0.15) is 0 Å². The number of hydrogen-bond donors (Lipinski definition) is 2. The van der Waals surface area contributed by atoms with Crippen molar-refractivity contribution in [2.75, 3.05) is 6.61 Å². The largest absolute Gasteiger partial charge is 0.367 e. The molecule has 14 heavy (non-hydrogen) atoms. The average Bonchev–Trinajstić information content (AvgIpc) is 2.17. The summed E-state index contributed by atoms with van der Waals surface area (Å²) in [6.07, 6.45) is 0. The summed E-state index contributed by atoms with van der Waals surface area (Å²) in [7, 11) is 0. The molecule has 1 aromatic carbocycles. The van der Waals surface area contributed by atoms with E-state index in [1.807, 2.05) is 29.7 Å². The molecule has 0 spiro atoms. The highest BCUT2D eigenvalue weighted by molar-refractivity contribution is 9.10. The molecule has 76 valence electrons. The van der Waals surface area contributed by atoms with Gasteiger partial charge >= 0.3 is 0 Å². The number of hydrazine groups is 1. The molecule has 0 atom stereocenters. The van der Waals surface area contributed by atoms with E-state index < -0.39 is 0 Å². The Morgan fingerprint density at radius 1 is 1.57 bits per heavy atom. The summed E-state index contributed by atoms with van der Waals surface area (Å²) < 4.78 is 6.10. The van der Waals surface area contributed by atoms with Crippen molar-refractivity contribution >= 4 is 21.8 Å². The smallest absolute Gasteiger partial charge is 0.259 e. The lowest BCUT2D eigenvalue weighted by Gasteiger charge is -2.03. The van der Waals surface area contributed by atoms with Crippen molar-refractivity contribution in [3.8, 4) is 0 Å². The van der Waals surface area contributed by atoms with Gasteiger partial charge in [-0.15, -0.1) is 0 Å². The van der Waals surface area contributed by atoms with E-state index in [2.05, 4.69) is 15.9 Å². The highest BCUT2D eigenvalue weighted by Gasteiger charge is 1.98. The highest BCUT2D eigenvalue weighted by Crippen LogP contribution is 2.12. The fourth-order valence-corrected chi connectivity index (χ4v) is 1.38. The average molecular weight is 259 g/mol. The number of nitrogens with two attached hydrogens (primary N) is 1. The number of hydrogen-bond acceptors (Lipinski definition) is 3. The number of nitrogens with one attached hydrogen (secondary N) is 1. The molecule has 0 aromatic heterocycles. The van der Waals surface area contributed by atoms with Crippen LogP contribution in [0, 0.1) is 0 Å². The van der Waals surface area contributed by atoms with Crippen molar-refractivity contribution in [3.63, 3.8) is 0 Å². The minimum Gasteiger partial charge on any atom is -0.367 e. The molecule has 0 saturated carbocycles. The Kier molecular flexibility index (Phi) is 4.58. The molecule has 3 N–H and O–H groups in total. The van der Waals surface area contributed by atoms with E-state index in [1.54, 1.807) is 0 Å². The summed E-state index contributed by atoms with van der Waals surface area (Å²) >= 11 is 3.34. The summed E-state index contributed by atoms with van der Waals surface area (Å²) in [5.41, 5.74) is 2.99. The number of carbonyl (C=O) groups excluding carboxylic acids is 1. The number of halogens is 1. The molecular formula is C9H11BrN2O2. The first kappa shape index (κ1) is 11.2. The van der Waals surface area contributed by atoms with Gasteiger partial charge in [-0.3, -0.25) is 10.2 Å². The second-order valence-electron chi connectivity index (χ2n) is 2.69. The van der Waals surface area contributed by atoms with Gasteiger partial charge < -0.3 is 4.74 Å². The molecule has 0 radical (unpaired) electrons. The van der Waals surface area contributed by atoms with Gasteiger partial charge in [0.2, 0.25) is 0 Å². The van der Waals surface area contributed by atoms with Gasteiger partial charge in [0.25, 0.3) is 5.91 Å². The third-order valence-corrected chi connectivity index (χ3v) is 2.05. The van der Waals surface area contributed by atoms with Gasteiger partial charge in [0.1, 0.15) is 6.61 Å². The number of rotatable bonds is 4. The van der Waals surface area contributed by atoms with Crippen LogP contribution in [-0.2, 0) is 16.1 Å². The fourth-order valence-electron chi connectivity index (χ4n) is 0.930. The van der Waals surface area contributed by atoms with Crippen molar-refractivity contribution < 1.29 is 9.53 Å². The molecule has 1 rings (SSSR count). The van der Waals surface area contributed by atoms with Crippen LogP contribution in [-0.4, -0.2) is 12.5 Å². The number of carbonyl (C=O) groups is 1. The number of ether oxygens (including phenoxy) is 1. The molecular weight excluding hydrogens is 248 g/mol. The van der Waals surface area contributed by atoms with E-state index in [0.29, 0.717) is 6.61 Å². The maximum atomic E-state index is 10.7. The van der Waals surface area contributed by atoms with Crippen LogP contribution < -0.4 is 11.3 Å². The van der Waals surface area contributed by atoms with Gasteiger partial charge in [0.05, 0.1) is 6.61 Å². The van der Waals surface area contributed by atoms with E-state index in [1.165, 1.54) is 0 Å². The number of benzene rings is 1. The van der Waals surface area contributed by atoms with Crippen molar-refractivity contribution in [1.29, 1.82) is 0 Å². The Balaban J connectivity index is 2.35. The third-order valence-electron chi connectivity index (χ3n) is 1.55. The summed E-state index contributed by atoms with van der Waals surface area (Å²) in [6.45, 7) is 0.371. The predicted octanol–water partition coefficient (Wildman–Crippen LogP) is 0.956. The standard InChI is InChI=1S/C9H11BrN2O2/c10-8-3-1-2-7(4-8)5-14-6-9(13)12-11/h1-4H,5-6,11H2,(H,12,13). The lowest BCUT2D eigenvalue weighted by atomic mass is 10.2. The predicted molar refractivity (Wildman–Crippen MR) is 56.1 cm³/mol. The Morgan fingerprint density at radius 2 is 2.36 bits per heavy atom. The van der Waals surface area contributed by atoms with Crippen LogP contribution in [0.5, 0.6) is 0 Å². The zero-order valence-corrected chi connectivity index (χ0v) is 9.08. The lowest BCUT2D eigenvalue weighted by Crippen LogP contribution is -2.33. The maximum Gasteiger partial charge on any atom is 0.259 e. The fraction of sp³-hybridized carbons (Fsp3) is 0.222. The SMILES string of the molecule is NNC(=O)COCc1cccc(Br)c1. The minimum atomic E-state index is -0.333. The summed E-state index contributed by atoms with van der Waals surface area (Å²) in [6, 6.07) is 7.69.